The van der Waals surface area contributed by atoms with Gasteiger partial charge in [0.25, 0.3) is 0 Å². The Morgan fingerprint density at radius 3 is 2.87 bits per heavy atom. The summed E-state index contributed by atoms with van der Waals surface area (Å²) in [4.78, 5) is 3.74. The second-order valence-electron chi connectivity index (χ2n) is 3.00. The zero-order chi connectivity index (χ0) is 10.7. The molecule has 1 heterocycles. The van der Waals surface area contributed by atoms with E-state index in [2.05, 4.69) is 10.1 Å². The summed E-state index contributed by atoms with van der Waals surface area (Å²) in [5, 5.41) is 3.83. The van der Waals surface area contributed by atoms with Crippen LogP contribution in [0.25, 0.3) is 0 Å². The molecule has 0 atom stereocenters. The molecule has 0 unspecified atom stereocenters. The van der Waals surface area contributed by atoms with E-state index in [0.717, 1.165) is 6.07 Å². The maximum absolute atomic E-state index is 13.2. The van der Waals surface area contributed by atoms with E-state index in [-0.39, 0.29) is 0 Å². The number of hydrogen-bond donors (Lipinski definition) is 0. The van der Waals surface area contributed by atoms with Crippen molar-refractivity contribution >= 4 is 0 Å². The Bertz CT molecular complexity index is 440. The second-order valence-corrected chi connectivity index (χ2v) is 3.00. The predicted octanol–water partition coefficient (Wildman–Crippen LogP) is 1.81. The quantitative estimate of drug-likeness (QED) is 0.770. The molecule has 0 fully saturated rings. The van der Waals surface area contributed by atoms with Gasteiger partial charge < -0.3 is 0 Å². The SMILES string of the molecule is Fc1ccc(C[CH]n2cncn2)c(F)c1. The highest BCUT2D eigenvalue weighted by atomic mass is 19.1. The van der Waals surface area contributed by atoms with E-state index >= 15 is 0 Å². The van der Waals surface area contributed by atoms with Gasteiger partial charge in [-0.3, -0.25) is 0 Å². The van der Waals surface area contributed by atoms with Gasteiger partial charge in [0.05, 0.1) is 6.54 Å². The van der Waals surface area contributed by atoms with Crippen molar-refractivity contribution in [2.24, 2.45) is 0 Å². The Kier molecular flexibility index (Phi) is 2.71. The summed E-state index contributed by atoms with van der Waals surface area (Å²) in [5.41, 5.74) is 0.423. The largest absolute Gasteiger partial charge is 0.247 e. The smallest absolute Gasteiger partial charge is 0.137 e. The summed E-state index contributed by atoms with van der Waals surface area (Å²) >= 11 is 0. The first-order valence-corrected chi connectivity index (χ1v) is 4.37. The fourth-order valence-electron chi connectivity index (χ4n) is 1.19. The van der Waals surface area contributed by atoms with Crippen LogP contribution in [0.2, 0.25) is 0 Å². The molecule has 0 saturated heterocycles. The summed E-state index contributed by atoms with van der Waals surface area (Å²) in [5.74, 6) is -1.12. The number of nitrogens with zero attached hydrogens (tertiary/aromatic N) is 3. The first-order chi connectivity index (χ1) is 7.25. The summed E-state index contributed by atoms with van der Waals surface area (Å²) in [6.07, 6.45) is 3.23. The highest BCUT2D eigenvalue weighted by Gasteiger charge is 2.04. The minimum Gasteiger partial charge on any atom is -0.247 e. The molecule has 15 heavy (non-hydrogen) atoms. The molecule has 0 spiro atoms. The van der Waals surface area contributed by atoms with Crippen LogP contribution in [0.15, 0.2) is 30.9 Å². The molecule has 0 aliphatic carbocycles. The first-order valence-electron chi connectivity index (χ1n) is 4.37. The van der Waals surface area contributed by atoms with Crippen LogP contribution in [-0.2, 0) is 6.42 Å². The Labute approximate surface area is 85.4 Å². The predicted molar refractivity (Wildman–Crippen MR) is 49.8 cm³/mol. The Hall–Kier alpha value is -1.78. The lowest BCUT2D eigenvalue weighted by molar-refractivity contribution is 0.572. The first kappa shape index (κ1) is 9.76. The average molecular weight is 208 g/mol. The van der Waals surface area contributed by atoms with E-state index in [1.54, 1.807) is 6.54 Å². The van der Waals surface area contributed by atoms with Crippen LogP contribution in [-0.4, -0.2) is 14.8 Å². The maximum atomic E-state index is 13.2. The number of rotatable bonds is 3. The number of hydrogen-bond acceptors (Lipinski definition) is 2. The van der Waals surface area contributed by atoms with Crippen molar-refractivity contribution in [2.75, 3.05) is 0 Å². The normalized spacial score (nSPS) is 10.5. The van der Waals surface area contributed by atoms with Crippen molar-refractivity contribution in [2.45, 2.75) is 6.42 Å². The van der Waals surface area contributed by atoms with Crippen LogP contribution in [0.5, 0.6) is 0 Å². The van der Waals surface area contributed by atoms with Gasteiger partial charge in [-0.25, -0.2) is 18.4 Å². The maximum Gasteiger partial charge on any atom is 0.137 e. The molecule has 5 heteroatoms. The van der Waals surface area contributed by atoms with Gasteiger partial charge in [0, 0.05) is 6.07 Å². The van der Waals surface area contributed by atoms with Crippen LogP contribution in [0, 0.1) is 18.2 Å². The topological polar surface area (TPSA) is 30.7 Å². The third kappa shape index (κ3) is 2.37. The molecule has 3 nitrogen and oxygen atoms in total. The highest BCUT2D eigenvalue weighted by Crippen LogP contribution is 2.11. The molecular formula is C10H8F2N3. The summed E-state index contributed by atoms with van der Waals surface area (Å²) in [6, 6.07) is 3.51. The molecule has 0 aliphatic rings. The zero-order valence-electron chi connectivity index (χ0n) is 7.77. The van der Waals surface area contributed by atoms with Gasteiger partial charge >= 0.3 is 0 Å². The molecule has 0 saturated carbocycles. The van der Waals surface area contributed by atoms with E-state index in [1.165, 1.54) is 29.5 Å². The lowest BCUT2D eigenvalue weighted by Gasteiger charge is -2.02. The van der Waals surface area contributed by atoms with Gasteiger partial charge in [0.2, 0.25) is 0 Å². The van der Waals surface area contributed by atoms with E-state index < -0.39 is 11.6 Å². The number of halogens is 2. The molecule has 0 N–H and O–H groups in total. The molecule has 1 radical (unpaired) electrons. The van der Waals surface area contributed by atoms with E-state index in [1.807, 2.05) is 0 Å². The monoisotopic (exact) mass is 208 g/mol. The van der Waals surface area contributed by atoms with Gasteiger partial charge in [0.15, 0.2) is 0 Å². The molecule has 0 bridgehead atoms. The van der Waals surface area contributed by atoms with Gasteiger partial charge in [-0.1, -0.05) is 6.07 Å². The standard InChI is InChI=1S/C10H8F2N3/c11-9-2-1-8(10(12)5-9)3-4-15-7-13-6-14-15/h1-2,4-7H,3H2. The van der Waals surface area contributed by atoms with Crippen molar-refractivity contribution in [1.82, 2.24) is 14.8 Å². The van der Waals surface area contributed by atoms with Gasteiger partial charge in [-0.15, -0.1) is 0 Å². The highest BCUT2D eigenvalue weighted by molar-refractivity contribution is 5.19. The molecule has 1 aromatic carbocycles. The number of aromatic nitrogens is 3. The Balaban J connectivity index is 2.05. The minimum absolute atomic E-state index is 0.343. The van der Waals surface area contributed by atoms with Gasteiger partial charge in [-0.2, -0.15) is 5.10 Å². The Morgan fingerprint density at radius 1 is 1.33 bits per heavy atom. The van der Waals surface area contributed by atoms with E-state index in [0.29, 0.717) is 12.0 Å². The second kappa shape index (κ2) is 4.16. The van der Waals surface area contributed by atoms with Crippen molar-refractivity contribution in [3.63, 3.8) is 0 Å². The summed E-state index contributed by atoms with van der Waals surface area (Å²) < 4.78 is 27.2. The van der Waals surface area contributed by atoms with Crippen LogP contribution in [0.3, 0.4) is 0 Å². The molecule has 1 aromatic heterocycles. The molecule has 2 rings (SSSR count). The zero-order valence-corrected chi connectivity index (χ0v) is 7.77. The van der Waals surface area contributed by atoms with Crippen molar-refractivity contribution in [3.8, 4) is 0 Å². The van der Waals surface area contributed by atoms with E-state index in [4.69, 9.17) is 0 Å². The lowest BCUT2D eigenvalue weighted by Crippen LogP contribution is -2.00. The molecule has 2 aromatic rings. The van der Waals surface area contributed by atoms with Crippen molar-refractivity contribution in [1.29, 1.82) is 0 Å². The van der Waals surface area contributed by atoms with Crippen molar-refractivity contribution in [3.05, 3.63) is 54.6 Å². The van der Waals surface area contributed by atoms with Gasteiger partial charge in [0.1, 0.15) is 24.3 Å². The molecule has 77 valence electrons. The van der Waals surface area contributed by atoms with Crippen LogP contribution in [0.1, 0.15) is 5.56 Å². The third-order valence-electron chi connectivity index (χ3n) is 1.95. The Morgan fingerprint density at radius 2 is 2.20 bits per heavy atom. The van der Waals surface area contributed by atoms with Crippen molar-refractivity contribution < 1.29 is 8.78 Å². The molecular weight excluding hydrogens is 200 g/mol. The molecule has 0 amide bonds. The lowest BCUT2D eigenvalue weighted by atomic mass is 10.1. The summed E-state index contributed by atoms with van der Waals surface area (Å²) in [6.45, 7) is 1.66. The van der Waals surface area contributed by atoms with E-state index in [9.17, 15) is 8.78 Å². The molecule has 0 aliphatic heterocycles. The average Bonchev–Trinajstić information content (AvgIpc) is 2.69. The summed E-state index contributed by atoms with van der Waals surface area (Å²) in [7, 11) is 0. The third-order valence-corrected chi connectivity index (χ3v) is 1.95. The van der Waals surface area contributed by atoms with Crippen LogP contribution >= 0.6 is 0 Å². The van der Waals surface area contributed by atoms with Crippen LogP contribution < -0.4 is 0 Å². The fraction of sp³-hybridized carbons (Fsp3) is 0.100. The van der Waals surface area contributed by atoms with Gasteiger partial charge in [-0.05, 0) is 18.1 Å². The minimum atomic E-state index is -0.572. The van der Waals surface area contributed by atoms with Crippen LogP contribution in [0.4, 0.5) is 8.78 Å². The fourth-order valence-corrected chi connectivity index (χ4v) is 1.19. The number of benzene rings is 1.